The van der Waals surface area contributed by atoms with E-state index in [1.807, 2.05) is 12.1 Å². The summed E-state index contributed by atoms with van der Waals surface area (Å²) in [5, 5.41) is 5.78. The zero-order valence-electron chi connectivity index (χ0n) is 15.4. The average molecular weight is 368 g/mol. The lowest BCUT2D eigenvalue weighted by molar-refractivity contribution is -0.163. The topological polar surface area (TPSA) is 73.0 Å². The molecule has 4 aliphatic rings. The van der Waals surface area contributed by atoms with E-state index in [0.717, 1.165) is 42.4 Å². The van der Waals surface area contributed by atoms with Crippen molar-refractivity contribution in [1.29, 1.82) is 0 Å². The highest BCUT2D eigenvalue weighted by atomic mass is 16.2. The minimum absolute atomic E-state index is 0.252. The van der Waals surface area contributed by atoms with E-state index in [9.17, 15) is 14.4 Å². The maximum absolute atomic E-state index is 12.8. The van der Waals surface area contributed by atoms with Crippen LogP contribution < -0.4 is 10.2 Å². The van der Waals surface area contributed by atoms with Gasteiger partial charge in [-0.3, -0.25) is 14.4 Å². The average Bonchev–Trinajstić information content (AvgIpc) is 2.96. The second-order valence-corrected chi connectivity index (χ2v) is 8.25. The van der Waals surface area contributed by atoms with Gasteiger partial charge in [-0.15, -0.1) is 0 Å². The van der Waals surface area contributed by atoms with E-state index < -0.39 is 0 Å². The summed E-state index contributed by atoms with van der Waals surface area (Å²) in [6.07, 6.45) is 3.60. The number of rotatable bonds is 2. The third-order valence-corrected chi connectivity index (χ3v) is 6.56. The number of amides is 3. The van der Waals surface area contributed by atoms with E-state index >= 15 is 0 Å². The quantitative estimate of drug-likeness (QED) is 0.797. The van der Waals surface area contributed by atoms with Crippen LogP contribution in [0.3, 0.4) is 0 Å². The fourth-order valence-corrected chi connectivity index (χ4v) is 4.73. The molecular weight excluding hydrogens is 344 g/mol. The number of nitrogens with one attached hydrogen (secondary N) is 1. The molecule has 7 heteroatoms. The molecule has 0 radical (unpaired) electrons. The molecule has 0 aliphatic carbocycles. The zero-order valence-corrected chi connectivity index (χ0v) is 15.4. The van der Waals surface area contributed by atoms with Crippen molar-refractivity contribution >= 4 is 23.4 Å². The summed E-state index contributed by atoms with van der Waals surface area (Å²) in [4.78, 5) is 39.5. The highest BCUT2D eigenvalue weighted by molar-refractivity contribution is 6.04. The molecule has 0 atom stereocenters. The molecule has 0 saturated carbocycles. The number of benzene rings is 1. The first kappa shape index (κ1) is 16.7. The molecule has 1 aromatic carbocycles. The fourth-order valence-electron chi connectivity index (χ4n) is 4.73. The van der Waals surface area contributed by atoms with Gasteiger partial charge in [-0.2, -0.15) is 5.01 Å². The monoisotopic (exact) mass is 368 g/mol. The third-order valence-electron chi connectivity index (χ3n) is 6.56. The molecule has 1 N–H and O–H groups in total. The summed E-state index contributed by atoms with van der Waals surface area (Å²) in [7, 11) is 0. The van der Waals surface area contributed by atoms with Crippen LogP contribution in [-0.2, 0) is 16.1 Å². The predicted molar refractivity (Wildman–Crippen MR) is 98.8 cm³/mol. The van der Waals surface area contributed by atoms with Gasteiger partial charge in [0.15, 0.2) is 0 Å². The Morgan fingerprint density at radius 3 is 2.30 bits per heavy atom. The van der Waals surface area contributed by atoms with Crippen molar-refractivity contribution in [3.63, 3.8) is 0 Å². The molecule has 0 bridgehead atoms. The maximum atomic E-state index is 12.8. The van der Waals surface area contributed by atoms with Crippen molar-refractivity contribution in [2.24, 2.45) is 5.41 Å². The van der Waals surface area contributed by atoms with Crippen LogP contribution in [0.1, 0.15) is 48.0 Å². The number of fused-ring (bicyclic) bond motifs is 1. The van der Waals surface area contributed by atoms with Gasteiger partial charge in [-0.25, -0.2) is 5.01 Å². The Morgan fingerprint density at radius 1 is 0.963 bits per heavy atom. The summed E-state index contributed by atoms with van der Waals surface area (Å²) < 4.78 is 0. The van der Waals surface area contributed by atoms with Crippen LogP contribution in [0.4, 0.5) is 5.69 Å². The summed E-state index contributed by atoms with van der Waals surface area (Å²) in [5.41, 5.74) is 3.12. The van der Waals surface area contributed by atoms with Crippen molar-refractivity contribution in [1.82, 2.24) is 15.3 Å². The minimum atomic E-state index is -0.275. The van der Waals surface area contributed by atoms with Crippen LogP contribution in [-0.4, -0.2) is 53.9 Å². The first-order chi connectivity index (χ1) is 13.1. The normalized spacial score (nSPS) is 24.4. The number of hydrazine groups is 1. The molecule has 5 rings (SSSR count). The van der Waals surface area contributed by atoms with Crippen molar-refractivity contribution in [3.05, 3.63) is 29.3 Å². The minimum Gasteiger partial charge on any atom is -0.371 e. The number of imide groups is 1. The Hall–Kier alpha value is -2.41. The molecule has 4 heterocycles. The van der Waals surface area contributed by atoms with Crippen LogP contribution in [0.25, 0.3) is 0 Å². The number of anilines is 1. The first-order valence-corrected chi connectivity index (χ1v) is 9.83. The highest BCUT2D eigenvalue weighted by Crippen LogP contribution is 2.37. The van der Waals surface area contributed by atoms with E-state index in [-0.39, 0.29) is 17.7 Å². The molecule has 7 nitrogen and oxygen atoms in total. The largest absolute Gasteiger partial charge is 0.371 e. The van der Waals surface area contributed by atoms with Gasteiger partial charge >= 0.3 is 0 Å². The smallest absolute Gasteiger partial charge is 0.273 e. The van der Waals surface area contributed by atoms with Gasteiger partial charge in [0.1, 0.15) is 0 Å². The van der Waals surface area contributed by atoms with Crippen molar-refractivity contribution in [2.75, 3.05) is 31.1 Å². The predicted octanol–water partition coefficient (Wildman–Crippen LogP) is 1.29. The summed E-state index contributed by atoms with van der Waals surface area (Å²) in [6.45, 7) is 4.61. The molecule has 3 amide bonds. The van der Waals surface area contributed by atoms with Crippen molar-refractivity contribution in [3.8, 4) is 0 Å². The van der Waals surface area contributed by atoms with Crippen LogP contribution in [0.5, 0.6) is 0 Å². The van der Waals surface area contributed by atoms with Gasteiger partial charge in [0, 0.05) is 50.3 Å². The SMILES string of the molecule is O=C1c2ccc(N3CCC4(CC3)CNC4)cc2CN1N1C(=O)CCCC1=O. The summed E-state index contributed by atoms with van der Waals surface area (Å²) in [5.74, 6) is -0.801. The lowest BCUT2D eigenvalue weighted by atomic mass is 9.73. The van der Waals surface area contributed by atoms with E-state index in [1.165, 1.54) is 17.9 Å². The van der Waals surface area contributed by atoms with E-state index in [4.69, 9.17) is 0 Å². The van der Waals surface area contributed by atoms with Gasteiger partial charge in [0.25, 0.3) is 5.91 Å². The summed E-state index contributed by atoms with van der Waals surface area (Å²) >= 11 is 0. The standard InChI is InChI=1S/C20H24N4O3/c25-17-2-1-3-18(26)24(17)23-11-14-10-15(4-5-16(14)19(23)27)22-8-6-20(7-9-22)12-21-13-20/h4-5,10,21H,1-3,6-9,11-13H2. The fraction of sp³-hybridized carbons (Fsp3) is 0.550. The molecule has 1 spiro atoms. The van der Waals surface area contributed by atoms with E-state index in [0.29, 0.717) is 36.8 Å². The zero-order chi connectivity index (χ0) is 18.6. The molecule has 27 heavy (non-hydrogen) atoms. The van der Waals surface area contributed by atoms with Gasteiger partial charge in [-0.1, -0.05) is 0 Å². The van der Waals surface area contributed by atoms with Gasteiger partial charge in [0.05, 0.1) is 6.54 Å². The maximum Gasteiger partial charge on any atom is 0.273 e. The Balaban J connectivity index is 1.35. The van der Waals surface area contributed by atoms with Crippen LogP contribution >= 0.6 is 0 Å². The molecule has 1 aromatic rings. The van der Waals surface area contributed by atoms with E-state index in [1.54, 1.807) is 0 Å². The summed E-state index contributed by atoms with van der Waals surface area (Å²) in [6, 6.07) is 5.90. The lowest BCUT2D eigenvalue weighted by Gasteiger charge is -2.49. The molecule has 142 valence electrons. The molecule has 3 saturated heterocycles. The Morgan fingerprint density at radius 2 is 1.67 bits per heavy atom. The number of piperidine rings is 2. The Labute approximate surface area is 158 Å². The van der Waals surface area contributed by atoms with Crippen LogP contribution in [0.2, 0.25) is 0 Å². The lowest BCUT2D eigenvalue weighted by Crippen LogP contribution is -2.58. The molecule has 0 unspecified atom stereocenters. The second-order valence-electron chi connectivity index (χ2n) is 8.25. The van der Waals surface area contributed by atoms with Gasteiger partial charge in [0.2, 0.25) is 11.8 Å². The number of carbonyl (C=O) groups is 3. The van der Waals surface area contributed by atoms with Crippen LogP contribution in [0.15, 0.2) is 18.2 Å². The number of hydrogen-bond donors (Lipinski definition) is 1. The van der Waals surface area contributed by atoms with E-state index in [2.05, 4.69) is 16.3 Å². The number of nitrogens with zero attached hydrogens (tertiary/aromatic N) is 3. The van der Waals surface area contributed by atoms with Gasteiger partial charge < -0.3 is 10.2 Å². The molecule has 0 aromatic heterocycles. The second kappa shape index (κ2) is 6.05. The molecule has 4 aliphatic heterocycles. The van der Waals surface area contributed by atoms with Crippen molar-refractivity contribution < 1.29 is 14.4 Å². The highest BCUT2D eigenvalue weighted by Gasteiger charge is 2.41. The first-order valence-electron chi connectivity index (χ1n) is 9.83. The number of carbonyl (C=O) groups excluding carboxylic acids is 3. The Kier molecular flexibility index (Phi) is 3.75. The van der Waals surface area contributed by atoms with Crippen molar-refractivity contribution in [2.45, 2.75) is 38.6 Å². The number of hydrogen-bond acceptors (Lipinski definition) is 5. The third kappa shape index (κ3) is 2.64. The van der Waals surface area contributed by atoms with Crippen LogP contribution in [0, 0.1) is 5.41 Å². The molecule has 3 fully saturated rings. The van der Waals surface area contributed by atoms with Gasteiger partial charge in [-0.05, 0) is 48.4 Å². The molecular formula is C20H24N4O3. The Bertz CT molecular complexity index is 807.